The minimum Gasteiger partial charge on any atom is -0.466 e. The number of aliphatic hydroxyl groups excluding tert-OH is 2. The van der Waals surface area contributed by atoms with Gasteiger partial charge in [-0.15, -0.1) is 0 Å². The number of rotatable bonds is 59. The number of esters is 1. The SMILES string of the molecule is CCC/C=C\C/C=C\CCCCCCCC(=O)OCCCCCCCCCCCCCCCCCCCCCCCCCCCCCCCCC(=O)NC(CO)C(O)CCCCCCCCCCCC. The average Bonchev–Trinajstić information content (AvgIpc) is 3.36. The molecule has 6 heteroatoms. The van der Waals surface area contributed by atoms with E-state index in [1.54, 1.807) is 0 Å². The summed E-state index contributed by atoms with van der Waals surface area (Å²) in [7, 11) is 0. The maximum Gasteiger partial charge on any atom is 0.305 e. The van der Waals surface area contributed by atoms with E-state index < -0.39 is 12.1 Å². The van der Waals surface area contributed by atoms with E-state index in [1.807, 2.05) is 0 Å². The number of hydrogen-bond acceptors (Lipinski definition) is 5. The third kappa shape index (κ3) is 55.7. The molecule has 0 heterocycles. The lowest BCUT2D eigenvalue weighted by atomic mass is 10.0. The molecule has 1 amide bonds. The zero-order chi connectivity index (χ0) is 50.7. The minimum atomic E-state index is -0.659. The van der Waals surface area contributed by atoms with E-state index in [0.717, 1.165) is 51.4 Å². The summed E-state index contributed by atoms with van der Waals surface area (Å²) in [5, 5.41) is 23.2. The van der Waals surface area contributed by atoms with Crippen LogP contribution in [0.3, 0.4) is 0 Å². The normalized spacial score (nSPS) is 12.7. The Labute approximate surface area is 437 Å². The van der Waals surface area contributed by atoms with Gasteiger partial charge < -0.3 is 20.3 Å². The molecule has 6 nitrogen and oxygen atoms in total. The van der Waals surface area contributed by atoms with Crippen molar-refractivity contribution in [3.63, 3.8) is 0 Å². The first-order valence-corrected chi connectivity index (χ1v) is 31.6. The monoisotopic (exact) mass is 986 g/mol. The van der Waals surface area contributed by atoms with Crippen LogP contribution in [0.25, 0.3) is 0 Å². The molecule has 0 aromatic heterocycles. The summed E-state index contributed by atoms with van der Waals surface area (Å²) >= 11 is 0. The summed E-state index contributed by atoms with van der Waals surface area (Å²) in [6.07, 6.45) is 73.6. The van der Waals surface area contributed by atoms with E-state index in [4.69, 9.17) is 4.74 Å². The predicted molar refractivity (Wildman–Crippen MR) is 306 cm³/mol. The molecule has 0 aromatic rings. The Morgan fingerprint density at radius 1 is 0.400 bits per heavy atom. The van der Waals surface area contributed by atoms with E-state index in [2.05, 4.69) is 43.5 Å². The number of aliphatic hydroxyl groups is 2. The molecule has 0 bridgehead atoms. The Morgan fingerprint density at radius 3 is 1.14 bits per heavy atom. The topological polar surface area (TPSA) is 95.9 Å². The van der Waals surface area contributed by atoms with Crippen molar-refractivity contribution in [1.29, 1.82) is 0 Å². The lowest BCUT2D eigenvalue weighted by molar-refractivity contribution is -0.143. The highest BCUT2D eigenvalue weighted by atomic mass is 16.5. The Bertz CT molecular complexity index is 1090. The summed E-state index contributed by atoms with van der Waals surface area (Å²) in [5.74, 6) is -0.0267. The Morgan fingerprint density at radius 2 is 0.743 bits per heavy atom. The van der Waals surface area contributed by atoms with Crippen LogP contribution in [0.2, 0.25) is 0 Å². The molecular formula is C64H123NO5. The van der Waals surface area contributed by atoms with E-state index in [0.29, 0.717) is 25.9 Å². The summed E-state index contributed by atoms with van der Waals surface area (Å²) in [6, 6.07) is -0.536. The van der Waals surface area contributed by atoms with E-state index in [9.17, 15) is 19.8 Å². The molecular weight excluding hydrogens is 863 g/mol. The Kier molecular flexibility index (Phi) is 58.5. The van der Waals surface area contributed by atoms with Gasteiger partial charge in [-0.25, -0.2) is 0 Å². The summed E-state index contributed by atoms with van der Waals surface area (Å²) < 4.78 is 5.47. The van der Waals surface area contributed by atoms with Crippen molar-refractivity contribution in [2.24, 2.45) is 0 Å². The van der Waals surface area contributed by atoms with Gasteiger partial charge in [0.25, 0.3) is 0 Å². The van der Waals surface area contributed by atoms with Crippen LogP contribution in [0.15, 0.2) is 24.3 Å². The van der Waals surface area contributed by atoms with Crippen LogP contribution in [0.1, 0.15) is 348 Å². The van der Waals surface area contributed by atoms with Crippen molar-refractivity contribution >= 4 is 11.9 Å². The van der Waals surface area contributed by atoms with Crippen LogP contribution in [0, 0.1) is 0 Å². The van der Waals surface area contributed by atoms with Crippen LogP contribution in [0.5, 0.6) is 0 Å². The molecule has 0 fully saturated rings. The van der Waals surface area contributed by atoms with Crippen molar-refractivity contribution in [3.8, 4) is 0 Å². The number of nitrogens with one attached hydrogen (secondary N) is 1. The summed E-state index contributed by atoms with van der Waals surface area (Å²) in [4.78, 5) is 24.5. The molecule has 0 saturated heterocycles. The molecule has 2 unspecified atom stereocenters. The van der Waals surface area contributed by atoms with Gasteiger partial charge in [-0.1, -0.05) is 308 Å². The highest BCUT2D eigenvalue weighted by Gasteiger charge is 2.20. The molecule has 0 aliphatic rings. The molecule has 414 valence electrons. The number of unbranched alkanes of at least 4 members (excludes halogenated alkanes) is 44. The highest BCUT2D eigenvalue weighted by molar-refractivity contribution is 5.76. The quantitative estimate of drug-likeness (QED) is 0.0321. The fraction of sp³-hybridized carbons (Fsp3) is 0.906. The Balaban J connectivity index is 3.30. The number of carbonyl (C=O) groups is 2. The van der Waals surface area contributed by atoms with Gasteiger partial charge >= 0.3 is 5.97 Å². The largest absolute Gasteiger partial charge is 0.466 e. The van der Waals surface area contributed by atoms with Gasteiger partial charge in [-0.3, -0.25) is 9.59 Å². The molecule has 0 rings (SSSR count). The third-order valence-electron chi connectivity index (χ3n) is 14.7. The van der Waals surface area contributed by atoms with Gasteiger partial charge in [0.05, 0.1) is 25.4 Å². The van der Waals surface area contributed by atoms with Crippen LogP contribution >= 0.6 is 0 Å². The zero-order valence-electron chi connectivity index (χ0n) is 47.3. The van der Waals surface area contributed by atoms with Crippen LogP contribution in [-0.2, 0) is 14.3 Å². The number of amides is 1. The summed E-state index contributed by atoms with van der Waals surface area (Å²) in [5.41, 5.74) is 0. The van der Waals surface area contributed by atoms with Gasteiger partial charge in [-0.2, -0.15) is 0 Å². The van der Waals surface area contributed by atoms with Gasteiger partial charge in [0.15, 0.2) is 0 Å². The van der Waals surface area contributed by atoms with Crippen LogP contribution in [0.4, 0.5) is 0 Å². The first kappa shape index (κ1) is 68.3. The molecule has 70 heavy (non-hydrogen) atoms. The second kappa shape index (κ2) is 59.9. The standard InChI is InChI=1S/C64H123NO5/c1-3-5-7-9-11-13-15-34-38-42-46-50-54-58-64(69)70-59-55-51-47-43-39-36-33-31-29-27-25-23-21-19-17-16-18-20-22-24-26-28-30-32-35-37-41-45-49-53-57-63(68)65-61(60-66)62(67)56-52-48-44-40-14-12-10-8-6-4-2/h7,9,13,15,61-62,66-67H,3-6,8,10-12,14,16-60H2,1-2H3,(H,65,68)/b9-7-,15-13-. The lowest BCUT2D eigenvalue weighted by Crippen LogP contribution is -2.45. The first-order valence-electron chi connectivity index (χ1n) is 31.6. The fourth-order valence-electron chi connectivity index (χ4n) is 9.92. The maximum absolute atomic E-state index is 12.4. The molecule has 0 aromatic carbocycles. The first-order chi connectivity index (χ1) is 34.5. The lowest BCUT2D eigenvalue weighted by Gasteiger charge is -2.22. The van der Waals surface area contributed by atoms with Gasteiger partial charge in [0, 0.05) is 12.8 Å². The molecule has 3 N–H and O–H groups in total. The fourth-order valence-corrected chi connectivity index (χ4v) is 9.92. The number of hydrogen-bond donors (Lipinski definition) is 3. The molecule has 0 saturated carbocycles. The zero-order valence-corrected chi connectivity index (χ0v) is 47.3. The van der Waals surface area contributed by atoms with E-state index in [1.165, 1.54) is 263 Å². The average molecular weight is 987 g/mol. The van der Waals surface area contributed by atoms with Crippen molar-refractivity contribution < 1.29 is 24.5 Å². The molecule has 0 aliphatic heterocycles. The van der Waals surface area contributed by atoms with Crippen molar-refractivity contribution in [1.82, 2.24) is 5.32 Å². The third-order valence-corrected chi connectivity index (χ3v) is 14.7. The van der Waals surface area contributed by atoms with E-state index >= 15 is 0 Å². The van der Waals surface area contributed by atoms with E-state index in [-0.39, 0.29) is 18.5 Å². The highest BCUT2D eigenvalue weighted by Crippen LogP contribution is 2.18. The van der Waals surface area contributed by atoms with Crippen LogP contribution in [-0.4, -0.2) is 47.4 Å². The van der Waals surface area contributed by atoms with Crippen LogP contribution < -0.4 is 5.32 Å². The smallest absolute Gasteiger partial charge is 0.305 e. The summed E-state index contributed by atoms with van der Waals surface area (Å²) in [6.45, 7) is 4.89. The molecule has 0 radical (unpaired) electrons. The van der Waals surface area contributed by atoms with Crippen molar-refractivity contribution in [2.45, 2.75) is 360 Å². The minimum absolute atomic E-state index is 0.00479. The second-order valence-electron chi connectivity index (χ2n) is 21.7. The number of carbonyl (C=O) groups excluding carboxylic acids is 2. The second-order valence-corrected chi connectivity index (χ2v) is 21.7. The maximum atomic E-state index is 12.4. The van der Waals surface area contributed by atoms with Gasteiger partial charge in [0.1, 0.15) is 0 Å². The van der Waals surface area contributed by atoms with Gasteiger partial charge in [-0.05, 0) is 51.4 Å². The van der Waals surface area contributed by atoms with Gasteiger partial charge in [0.2, 0.25) is 5.91 Å². The molecule has 2 atom stereocenters. The molecule has 0 aliphatic carbocycles. The number of allylic oxidation sites excluding steroid dienone is 4. The van der Waals surface area contributed by atoms with Crippen molar-refractivity contribution in [2.75, 3.05) is 13.2 Å². The number of ether oxygens (including phenoxy) is 1. The molecule has 0 spiro atoms. The predicted octanol–water partition coefficient (Wildman–Crippen LogP) is 19.8. The van der Waals surface area contributed by atoms with Crippen molar-refractivity contribution in [3.05, 3.63) is 24.3 Å². The Hall–Kier alpha value is -1.66.